The molecule has 1 aliphatic rings. The SMILES string of the molecule is Cc1noc(N(CCO)CC2CCCN2)n1. The van der Waals surface area contributed by atoms with Gasteiger partial charge in [0.1, 0.15) is 0 Å². The number of hydrogen-bond acceptors (Lipinski definition) is 6. The topological polar surface area (TPSA) is 74.4 Å². The summed E-state index contributed by atoms with van der Waals surface area (Å²) in [5, 5.41) is 16.2. The van der Waals surface area contributed by atoms with Gasteiger partial charge < -0.3 is 19.8 Å². The van der Waals surface area contributed by atoms with Crippen molar-refractivity contribution in [3.05, 3.63) is 5.82 Å². The van der Waals surface area contributed by atoms with Crippen molar-refractivity contribution >= 4 is 6.01 Å². The van der Waals surface area contributed by atoms with Crippen molar-refractivity contribution in [1.29, 1.82) is 0 Å². The predicted octanol–water partition coefficient (Wildman–Crippen LogP) is -0.0713. The first-order valence-corrected chi connectivity index (χ1v) is 5.69. The van der Waals surface area contributed by atoms with Crippen LogP contribution >= 0.6 is 0 Å². The Kier molecular flexibility index (Phi) is 3.74. The van der Waals surface area contributed by atoms with Crippen LogP contribution in [0.15, 0.2) is 4.52 Å². The highest BCUT2D eigenvalue weighted by atomic mass is 16.5. The third-order valence-corrected chi connectivity index (χ3v) is 2.76. The highest BCUT2D eigenvalue weighted by Gasteiger charge is 2.20. The summed E-state index contributed by atoms with van der Waals surface area (Å²) in [6.45, 7) is 4.29. The molecule has 1 aliphatic heterocycles. The van der Waals surface area contributed by atoms with Crippen LogP contribution in [0.3, 0.4) is 0 Å². The van der Waals surface area contributed by atoms with Crippen molar-refractivity contribution < 1.29 is 9.63 Å². The monoisotopic (exact) mass is 226 g/mol. The lowest BCUT2D eigenvalue weighted by molar-refractivity contribution is 0.294. The summed E-state index contributed by atoms with van der Waals surface area (Å²) in [7, 11) is 0. The van der Waals surface area contributed by atoms with E-state index in [1.54, 1.807) is 6.92 Å². The van der Waals surface area contributed by atoms with Crippen LogP contribution in [-0.4, -0.2) is 47.5 Å². The van der Waals surface area contributed by atoms with Crippen molar-refractivity contribution in [3.63, 3.8) is 0 Å². The van der Waals surface area contributed by atoms with Gasteiger partial charge in [-0.2, -0.15) is 4.98 Å². The molecule has 1 atom stereocenters. The Labute approximate surface area is 94.6 Å². The second-order valence-corrected chi connectivity index (χ2v) is 4.09. The minimum Gasteiger partial charge on any atom is -0.395 e. The molecule has 0 aromatic carbocycles. The van der Waals surface area contributed by atoms with Crippen LogP contribution < -0.4 is 10.2 Å². The van der Waals surface area contributed by atoms with E-state index in [0.717, 1.165) is 19.5 Å². The second kappa shape index (κ2) is 5.27. The lowest BCUT2D eigenvalue weighted by Gasteiger charge is -2.22. The van der Waals surface area contributed by atoms with Crippen LogP contribution in [0.2, 0.25) is 0 Å². The first-order valence-electron chi connectivity index (χ1n) is 5.69. The molecule has 16 heavy (non-hydrogen) atoms. The second-order valence-electron chi connectivity index (χ2n) is 4.09. The van der Waals surface area contributed by atoms with Crippen molar-refractivity contribution in [1.82, 2.24) is 15.5 Å². The molecule has 1 saturated heterocycles. The molecule has 0 spiro atoms. The molecular formula is C10H18N4O2. The zero-order valence-electron chi connectivity index (χ0n) is 9.52. The van der Waals surface area contributed by atoms with Crippen LogP contribution in [0, 0.1) is 6.92 Å². The fraction of sp³-hybridized carbons (Fsp3) is 0.800. The Hall–Kier alpha value is -1.14. The molecule has 2 heterocycles. The highest BCUT2D eigenvalue weighted by molar-refractivity contribution is 5.25. The number of nitrogens with one attached hydrogen (secondary N) is 1. The maximum Gasteiger partial charge on any atom is 0.324 e. The molecule has 0 bridgehead atoms. The number of rotatable bonds is 5. The van der Waals surface area contributed by atoms with Crippen LogP contribution in [0.25, 0.3) is 0 Å². The molecule has 0 aliphatic carbocycles. The molecule has 0 saturated carbocycles. The van der Waals surface area contributed by atoms with Gasteiger partial charge in [-0.05, 0) is 26.3 Å². The van der Waals surface area contributed by atoms with E-state index in [1.165, 1.54) is 6.42 Å². The zero-order chi connectivity index (χ0) is 11.4. The lowest BCUT2D eigenvalue weighted by Crippen LogP contribution is -2.39. The van der Waals surface area contributed by atoms with Gasteiger partial charge in [0.15, 0.2) is 5.82 Å². The van der Waals surface area contributed by atoms with E-state index in [9.17, 15) is 0 Å². The smallest absolute Gasteiger partial charge is 0.324 e. The molecule has 1 aromatic heterocycles. The van der Waals surface area contributed by atoms with Gasteiger partial charge in [-0.15, -0.1) is 0 Å². The first kappa shape index (κ1) is 11.3. The fourth-order valence-corrected chi connectivity index (χ4v) is 1.98. The number of aliphatic hydroxyl groups excluding tert-OH is 1. The normalized spacial score (nSPS) is 20.2. The maximum absolute atomic E-state index is 9.03. The maximum atomic E-state index is 9.03. The van der Waals surface area contributed by atoms with Crippen LogP contribution in [0.4, 0.5) is 6.01 Å². The van der Waals surface area contributed by atoms with Gasteiger partial charge in [-0.1, -0.05) is 5.16 Å². The van der Waals surface area contributed by atoms with Crippen LogP contribution in [0.1, 0.15) is 18.7 Å². The van der Waals surface area contributed by atoms with Crippen LogP contribution in [0.5, 0.6) is 0 Å². The quantitative estimate of drug-likeness (QED) is 0.732. The summed E-state index contributed by atoms with van der Waals surface area (Å²) in [6.07, 6.45) is 2.37. The van der Waals surface area contributed by atoms with Gasteiger partial charge in [0.05, 0.1) is 6.61 Å². The van der Waals surface area contributed by atoms with Gasteiger partial charge in [0.25, 0.3) is 0 Å². The van der Waals surface area contributed by atoms with Gasteiger partial charge in [-0.25, -0.2) is 0 Å². The Bertz CT molecular complexity index is 322. The summed E-state index contributed by atoms with van der Waals surface area (Å²) >= 11 is 0. The van der Waals surface area contributed by atoms with Crippen molar-refractivity contribution in [2.24, 2.45) is 0 Å². The highest BCUT2D eigenvalue weighted by Crippen LogP contribution is 2.14. The van der Waals surface area contributed by atoms with Crippen LogP contribution in [-0.2, 0) is 0 Å². The molecule has 6 nitrogen and oxygen atoms in total. The van der Waals surface area contributed by atoms with Gasteiger partial charge >= 0.3 is 6.01 Å². The minimum absolute atomic E-state index is 0.0914. The number of aryl methyl sites for hydroxylation is 1. The number of aromatic nitrogens is 2. The molecule has 2 rings (SSSR count). The fourth-order valence-electron chi connectivity index (χ4n) is 1.98. The Morgan fingerprint density at radius 3 is 3.06 bits per heavy atom. The molecule has 1 fully saturated rings. The Balaban J connectivity index is 1.98. The van der Waals surface area contributed by atoms with E-state index in [-0.39, 0.29) is 6.61 Å². The minimum atomic E-state index is 0.0914. The molecular weight excluding hydrogens is 208 g/mol. The summed E-state index contributed by atoms with van der Waals surface area (Å²) in [5.41, 5.74) is 0. The van der Waals surface area contributed by atoms with E-state index in [0.29, 0.717) is 24.4 Å². The molecule has 90 valence electrons. The van der Waals surface area contributed by atoms with Crippen molar-refractivity contribution in [2.45, 2.75) is 25.8 Å². The Morgan fingerprint density at radius 1 is 1.62 bits per heavy atom. The molecule has 1 unspecified atom stereocenters. The average molecular weight is 226 g/mol. The van der Waals surface area contributed by atoms with Gasteiger partial charge in [0.2, 0.25) is 0 Å². The summed E-state index contributed by atoms with van der Waals surface area (Å²) in [4.78, 5) is 6.11. The van der Waals surface area contributed by atoms with E-state index in [2.05, 4.69) is 15.5 Å². The largest absolute Gasteiger partial charge is 0.395 e. The number of hydrogen-bond donors (Lipinski definition) is 2. The number of nitrogens with zero attached hydrogens (tertiary/aromatic N) is 3. The van der Waals surface area contributed by atoms with E-state index in [1.807, 2.05) is 4.90 Å². The third kappa shape index (κ3) is 2.70. The number of anilines is 1. The average Bonchev–Trinajstić information content (AvgIpc) is 2.88. The summed E-state index contributed by atoms with van der Waals surface area (Å²) < 4.78 is 5.12. The molecule has 6 heteroatoms. The van der Waals surface area contributed by atoms with Crippen molar-refractivity contribution in [2.75, 3.05) is 31.1 Å². The van der Waals surface area contributed by atoms with Gasteiger partial charge in [-0.3, -0.25) is 0 Å². The van der Waals surface area contributed by atoms with E-state index >= 15 is 0 Å². The zero-order valence-corrected chi connectivity index (χ0v) is 9.52. The summed E-state index contributed by atoms with van der Waals surface area (Å²) in [5.74, 6) is 0.623. The molecule has 1 aromatic rings. The van der Waals surface area contributed by atoms with Gasteiger partial charge in [0, 0.05) is 19.1 Å². The molecule has 0 radical (unpaired) electrons. The molecule has 0 amide bonds. The first-order chi connectivity index (χ1) is 7.79. The van der Waals surface area contributed by atoms with Crippen molar-refractivity contribution in [3.8, 4) is 0 Å². The predicted molar refractivity (Wildman–Crippen MR) is 59.4 cm³/mol. The standard InChI is InChI=1S/C10H18N4O2/c1-8-12-10(16-13-8)14(5-6-15)7-9-3-2-4-11-9/h9,11,15H,2-7H2,1H3. The summed E-state index contributed by atoms with van der Waals surface area (Å²) in [6, 6.07) is 0.957. The van der Waals surface area contributed by atoms with E-state index < -0.39 is 0 Å². The number of aliphatic hydroxyl groups is 1. The third-order valence-electron chi connectivity index (χ3n) is 2.76. The Morgan fingerprint density at radius 2 is 2.50 bits per heavy atom. The van der Waals surface area contributed by atoms with E-state index in [4.69, 9.17) is 9.63 Å². The molecule has 2 N–H and O–H groups in total. The lowest BCUT2D eigenvalue weighted by atomic mass is 10.2.